The summed E-state index contributed by atoms with van der Waals surface area (Å²) in [6, 6.07) is 10.1. The predicted molar refractivity (Wildman–Crippen MR) is 103 cm³/mol. The minimum atomic E-state index is -2.87. The normalized spacial score (nSPS) is 19.3. The van der Waals surface area contributed by atoms with Crippen LogP contribution < -0.4 is 5.73 Å². The number of nitrogens with two attached hydrogens (primary N) is 1. The summed E-state index contributed by atoms with van der Waals surface area (Å²) in [5.41, 5.74) is 6.94. The van der Waals surface area contributed by atoms with Crippen LogP contribution in [0.15, 0.2) is 35.5 Å². The van der Waals surface area contributed by atoms with E-state index < -0.39 is 9.84 Å². The second kappa shape index (κ2) is 9.02. The Kier molecular flexibility index (Phi) is 7.30. The molecule has 25 heavy (non-hydrogen) atoms. The molecule has 1 fully saturated rings. The number of thioether (sulfide) groups is 1. The Hall–Kier alpha value is -1.09. The van der Waals surface area contributed by atoms with Gasteiger partial charge in [-0.05, 0) is 24.3 Å². The third-order valence-corrected chi connectivity index (χ3v) is 7.25. The van der Waals surface area contributed by atoms with Crippen LogP contribution >= 0.6 is 24.2 Å². The van der Waals surface area contributed by atoms with Gasteiger partial charge in [0, 0.05) is 5.75 Å². The van der Waals surface area contributed by atoms with Gasteiger partial charge in [0.2, 0.25) is 0 Å². The number of benzene rings is 1. The molecule has 0 bridgehead atoms. The van der Waals surface area contributed by atoms with E-state index >= 15 is 0 Å². The maximum Gasteiger partial charge on any atom is 0.191 e. The van der Waals surface area contributed by atoms with Gasteiger partial charge in [0.05, 0.1) is 24.6 Å². The van der Waals surface area contributed by atoms with Crippen molar-refractivity contribution in [2.24, 2.45) is 11.7 Å². The minimum absolute atomic E-state index is 0. The molecule has 1 atom stereocenters. The molecule has 1 aliphatic heterocycles. The van der Waals surface area contributed by atoms with E-state index in [0.29, 0.717) is 18.8 Å². The molecule has 9 heteroatoms. The summed E-state index contributed by atoms with van der Waals surface area (Å²) in [5.74, 6) is 2.30. The average Bonchev–Trinajstić information content (AvgIpc) is 2.95. The Labute approximate surface area is 158 Å². The molecule has 1 saturated heterocycles. The van der Waals surface area contributed by atoms with Crippen molar-refractivity contribution in [3.8, 4) is 0 Å². The molecule has 2 heterocycles. The predicted octanol–water partition coefficient (Wildman–Crippen LogP) is 2.12. The minimum Gasteiger partial charge on any atom is -0.324 e. The molecule has 0 radical (unpaired) electrons. The lowest BCUT2D eigenvalue weighted by atomic mass is 10.1. The number of aromatic nitrogens is 3. The maximum absolute atomic E-state index is 11.8. The zero-order valence-corrected chi connectivity index (χ0v) is 16.3. The van der Waals surface area contributed by atoms with Crippen LogP contribution in [0.2, 0.25) is 0 Å². The monoisotopic (exact) mass is 402 g/mol. The van der Waals surface area contributed by atoms with Crippen LogP contribution in [0.3, 0.4) is 0 Å². The molecule has 1 aromatic heterocycles. The van der Waals surface area contributed by atoms with Crippen LogP contribution in [0.4, 0.5) is 0 Å². The third kappa shape index (κ3) is 5.44. The molecular weight excluding hydrogens is 380 g/mol. The average molecular weight is 403 g/mol. The Morgan fingerprint density at radius 3 is 2.68 bits per heavy atom. The van der Waals surface area contributed by atoms with Crippen LogP contribution in [-0.4, -0.2) is 40.4 Å². The first-order valence-electron chi connectivity index (χ1n) is 8.06. The van der Waals surface area contributed by atoms with Gasteiger partial charge < -0.3 is 10.3 Å². The van der Waals surface area contributed by atoms with Gasteiger partial charge in [-0.15, -0.1) is 22.6 Å². The number of halogens is 1. The number of sulfone groups is 1. The van der Waals surface area contributed by atoms with Crippen LogP contribution in [0.1, 0.15) is 24.2 Å². The van der Waals surface area contributed by atoms with Crippen LogP contribution in [-0.2, 0) is 22.9 Å². The first-order chi connectivity index (χ1) is 11.6. The fraction of sp³-hybridized carbons (Fsp3) is 0.500. The maximum atomic E-state index is 11.8. The van der Waals surface area contributed by atoms with Crippen molar-refractivity contribution in [3.63, 3.8) is 0 Å². The number of hydrogen-bond acceptors (Lipinski definition) is 6. The topological polar surface area (TPSA) is 90.9 Å². The van der Waals surface area contributed by atoms with Gasteiger partial charge in [-0.3, -0.25) is 0 Å². The summed E-state index contributed by atoms with van der Waals surface area (Å²) in [6.45, 7) is 1.00. The standard InChI is InChI=1S/C16H22N4O2S2.ClH/c17-9-15-18-19-16(20(15)10-13-5-2-1-3-6-13)23-11-14-7-4-8-24(21,22)12-14;/h1-3,5-6,14H,4,7-12,17H2;1H. The molecule has 0 aliphatic carbocycles. The molecule has 0 amide bonds. The highest BCUT2D eigenvalue weighted by molar-refractivity contribution is 7.99. The summed E-state index contributed by atoms with van der Waals surface area (Å²) >= 11 is 1.58. The molecule has 1 aliphatic rings. The Balaban J connectivity index is 0.00000225. The van der Waals surface area contributed by atoms with Gasteiger partial charge in [-0.2, -0.15) is 0 Å². The Morgan fingerprint density at radius 2 is 2.00 bits per heavy atom. The van der Waals surface area contributed by atoms with Crippen molar-refractivity contribution in [3.05, 3.63) is 41.7 Å². The van der Waals surface area contributed by atoms with Crippen LogP contribution in [0.25, 0.3) is 0 Å². The molecule has 2 N–H and O–H groups in total. The van der Waals surface area contributed by atoms with E-state index in [9.17, 15) is 8.42 Å². The molecule has 1 unspecified atom stereocenters. The van der Waals surface area contributed by atoms with Gasteiger partial charge in [0.1, 0.15) is 5.82 Å². The fourth-order valence-corrected chi connectivity index (χ4v) is 5.96. The quantitative estimate of drug-likeness (QED) is 0.744. The third-order valence-electron chi connectivity index (χ3n) is 4.17. The fourth-order valence-electron chi connectivity index (χ4n) is 2.94. The zero-order valence-electron chi connectivity index (χ0n) is 13.9. The van der Waals surface area contributed by atoms with Crippen molar-refractivity contribution in [1.29, 1.82) is 0 Å². The molecule has 3 rings (SSSR count). The van der Waals surface area contributed by atoms with E-state index in [2.05, 4.69) is 22.3 Å². The zero-order chi connectivity index (χ0) is 17.0. The van der Waals surface area contributed by atoms with Gasteiger partial charge in [0.15, 0.2) is 15.0 Å². The molecule has 0 saturated carbocycles. The van der Waals surface area contributed by atoms with Crippen LogP contribution in [0.5, 0.6) is 0 Å². The number of hydrogen-bond donors (Lipinski definition) is 1. The molecule has 0 spiro atoms. The highest BCUT2D eigenvalue weighted by Gasteiger charge is 2.25. The summed E-state index contributed by atoms with van der Waals surface area (Å²) in [7, 11) is -2.87. The first-order valence-corrected chi connectivity index (χ1v) is 10.9. The van der Waals surface area contributed by atoms with Crippen molar-refractivity contribution in [2.45, 2.75) is 31.1 Å². The SMILES string of the molecule is Cl.NCc1nnc(SCC2CCCS(=O)(=O)C2)n1Cc1ccccc1. The highest BCUT2D eigenvalue weighted by Crippen LogP contribution is 2.26. The lowest BCUT2D eigenvalue weighted by Gasteiger charge is -2.21. The Bertz CT molecular complexity index is 781. The molecule has 2 aromatic rings. The van der Waals surface area contributed by atoms with Gasteiger partial charge in [-0.25, -0.2) is 8.42 Å². The first kappa shape index (κ1) is 20.2. The van der Waals surface area contributed by atoms with Gasteiger partial charge in [0.25, 0.3) is 0 Å². The van der Waals surface area contributed by atoms with Crippen molar-refractivity contribution in [1.82, 2.24) is 14.8 Å². The summed E-state index contributed by atoms with van der Waals surface area (Å²) < 4.78 is 25.6. The molecule has 6 nitrogen and oxygen atoms in total. The van der Waals surface area contributed by atoms with E-state index in [1.807, 2.05) is 22.8 Å². The molecule has 138 valence electrons. The van der Waals surface area contributed by atoms with E-state index in [4.69, 9.17) is 5.73 Å². The van der Waals surface area contributed by atoms with Gasteiger partial charge >= 0.3 is 0 Å². The van der Waals surface area contributed by atoms with Crippen molar-refractivity contribution >= 4 is 34.0 Å². The van der Waals surface area contributed by atoms with E-state index in [0.717, 1.165) is 35.1 Å². The second-order valence-corrected chi connectivity index (χ2v) is 9.32. The molecular formula is C16H23ClN4O2S2. The summed E-state index contributed by atoms with van der Waals surface area (Å²) in [5, 5.41) is 9.23. The highest BCUT2D eigenvalue weighted by atomic mass is 35.5. The van der Waals surface area contributed by atoms with E-state index in [1.165, 1.54) is 0 Å². The van der Waals surface area contributed by atoms with E-state index in [1.54, 1.807) is 11.8 Å². The van der Waals surface area contributed by atoms with Crippen LogP contribution in [0, 0.1) is 5.92 Å². The Morgan fingerprint density at radius 1 is 1.24 bits per heavy atom. The van der Waals surface area contributed by atoms with E-state index in [-0.39, 0.29) is 24.1 Å². The lowest BCUT2D eigenvalue weighted by molar-refractivity contribution is 0.520. The lowest BCUT2D eigenvalue weighted by Crippen LogP contribution is -2.26. The number of rotatable bonds is 6. The van der Waals surface area contributed by atoms with Gasteiger partial charge in [-0.1, -0.05) is 42.1 Å². The number of nitrogens with zero attached hydrogens (tertiary/aromatic N) is 3. The van der Waals surface area contributed by atoms with Crippen molar-refractivity contribution in [2.75, 3.05) is 17.3 Å². The summed E-state index contributed by atoms with van der Waals surface area (Å²) in [4.78, 5) is 0. The van der Waals surface area contributed by atoms with Crippen molar-refractivity contribution < 1.29 is 8.42 Å². The smallest absolute Gasteiger partial charge is 0.191 e. The summed E-state index contributed by atoms with van der Waals surface area (Å²) in [6.07, 6.45) is 1.72. The molecule has 1 aromatic carbocycles. The second-order valence-electron chi connectivity index (χ2n) is 6.11. The largest absolute Gasteiger partial charge is 0.324 e.